The van der Waals surface area contributed by atoms with E-state index in [4.69, 9.17) is 24.8 Å². The van der Waals surface area contributed by atoms with Crippen molar-refractivity contribution in [1.29, 1.82) is 0 Å². The summed E-state index contributed by atoms with van der Waals surface area (Å²) in [6, 6.07) is 6.58. The highest BCUT2D eigenvalue weighted by Gasteiger charge is 2.55. The van der Waals surface area contributed by atoms with Crippen LogP contribution in [-0.4, -0.2) is 41.5 Å². The zero-order valence-electron chi connectivity index (χ0n) is 13.7. The molecular weight excluding hydrogens is 353 g/mol. The molecule has 2 saturated heterocycles. The summed E-state index contributed by atoms with van der Waals surface area (Å²) in [6.45, 7) is 3.04. The Kier molecular flexibility index (Phi) is 4.76. The molecule has 2 aliphatic rings. The lowest BCUT2D eigenvalue weighted by molar-refractivity contribution is -0.225. The van der Waals surface area contributed by atoms with Crippen molar-refractivity contribution in [2.75, 3.05) is 6.61 Å². The molecule has 0 aromatic heterocycles. The van der Waals surface area contributed by atoms with Crippen molar-refractivity contribution < 1.29 is 37.9 Å². The smallest absolute Gasteiger partial charge is 0.265 e. The van der Waals surface area contributed by atoms with Crippen LogP contribution in [0.2, 0.25) is 0 Å². The van der Waals surface area contributed by atoms with Gasteiger partial charge in [-0.1, -0.05) is 12.1 Å². The molecule has 0 radical (unpaired) electrons. The average Bonchev–Trinajstić information content (AvgIpc) is 2.97. The third-order valence-corrected chi connectivity index (χ3v) is 4.53. The fourth-order valence-corrected chi connectivity index (χ4v) is 3.46. The Balaban J connectivity index is 1.86. The van der Waals surface area contributed by atoms with Crippen LogP contribution in [0.5, 0.6) is 0 Å². The molecule has 10 heteroatoms. The van der Waals surface area contributed by atoms with Crippen LogP contribution in [0.25, 0.3) is 0 Å². The predicted molar refractivity (Wildman–Crippen MR) is 82.2 cm³/mol. The number of primary amides is 1. The molecule has 138 valence electrons. The van der Waals surface area contributed by atoms with Gasteiger partial charge >= 0.3 is 0 Å². The number of nitrogens with two attached hydrogens (primary N) is 1. The van der Waals surface area contributed by atoms with E-state index < -0.39 is 50.5 Å². The van der Waals surface area contributed by atoms with Crippen molar-refractivity contribution in [3.63, 3.8) is 0 Å². The van der Waals surface area contributed by atoms with Gasteiger partial charge in [0.2, 0.25) is 5.91 Å². The lowest BCUT2D eigenvalue weighted by Gasteiger charge is -2.25. The highest BCUT2D eigenvalue weighted by Crippen LogP contribution is 2.46. The van der Waals surface area contributed by atoms with Gasteiger partial charge in [0.1, 0.15) is 24.4 Å². The second kappa shape index (κ2) is 6.44. The molecule has 0 bridgehead atoms. The second-order valence-corrected chi connectivity index (χ2v) is 7.61. The lowest BCUT2D eigenvalue weighted by atomic mass is 10.00. The molecule has 2 heterocycles. The van der Waals surface area contributed by atoms with Crippen molar-refractivity contribution in [3.8, 4) is 0 Å². The topological polar surface area (TPSA) is 140 Å². The molecule has 2 fully saturated rings. The number of phosphoric ester groups is 1. The molecular formula is C15H19NO8P-. The summed E-state index contributed by atoms with van der Waals surface area (Å²) < 4.78 is 32.8. The lowest BCUT2D eigenvalue weighted by Crippen LogP contribution is -2.33. The van der Waals surface area contributed by atoms with Gasteiger partial charge in [0, 0.05) is 5.56 Å². The summed E-state index contributed by atoms with van der Waals surface area (Å²) in [5, 5.41) is 0. The Morgan fingerprint density at radius 2 is 2.08 bits per heavy atom. The quantitative estimate of drug-likeness (QED) is 0.700. The van der Waals surface area contributed by atoms with Gasteiger partial charge in [-0.3, -0.25) is 9.36 Å². The zero-order chi connectivity index (χ0) is 18.4. The Morgan fingerprint density at radius 3 is 2.72 bits per heavy atom. The van der Waals surface area contributed by atoms with E-state index >= 15 is 0 Å². The van der Waals surface area contributed by atoms with Crippen LogP contribution in [0.15, 0.2) is 24.3 Å². The number of phosphoric acid groups is 1. The molecule has 1 aromatic rings. The predicted octanol–water partition coefficient (Wildman–Crippen LogP) is 0.223. The monoisotopic (exact) mass is 372 g/mol. The number of fused-ring (bicyclic) bond motifs is 1. The van der Waals surface area contributed by atoms with Gasteiger partial charge in [0.15, 0.2) is 5.79 Å². The Labute approximate surface area is 144 Å². The van der Waals surface area contributed by atoms with Crippen LogP contribution < -0.4 is 10.6 Å². The van der Waals surface area contributed by atoms with E-state index in [-0.39, 0.29) is 0 Å². The number of hydrogen-bond acceptors (Lipinski definition) is 7. The summed E-state index contributed by atoms with van der Waals surface area (Å²) in [5.74, 6) is -1.47. The van der Waals surface area contributed by atoms with Gasteiger partial charge in [-0.05, 0) is 31.5 Å². The Morgan fingerprint density at radius 1 is 1.40 bits per heavy atom. The number of benzene rings is 1. The van der Waals surface area contributed by atoms with Crippen molar-refractivity contribution in [1.82, 2.24) is 0 Å². The molecule has 0 spiro atoms. The van der Waals surface area contributed by atoms with Gasteiger partial charge in [0.05, 0.1) is 6.61 Å². The molecule has 3 rings (SSSR count). The molecule has 2 unspecified atom stereocenters. The van der Waals surface area contributed by atoms with E-state index in [1.807, 2.05) is 0 Å². The fraction of sp³-hybridized carbons (Fsp3) is 0.533. The first-order chi connectivity index (χ1) is 11.6. The standard InChI is InChI=1S/C15H20NO8P/c1-15(2)23-12-10(7-21-25(18,19)20)22-11(13(12)24-15)8-4-3-5-9(6-8)14(16)17/h3-6,10-13H,7H2,1-2H3,(H2,16,17)(H2,18,19,20)/p-1/t10-,11+,12?,13-/m0/s1. The van der Waals surface area contributed by atoms with E-state index in [2.05, 4.69) is 4.52 Å². The van der Waals surface area contributed by atoms with Gasteiger partial charge in [0.25, 0.3) is 7.82 Å². The first-order valence-corrected chi connectivity index (χ1v) is 9.14. The summed E-state index contributed by atoms with van der Waals surface area (Å²) >= 11 is 0. The minimum absolute atomic E-state index is 0.315. The average molecular weight is 372 g/mol. The van der Waals surface area contributed by atoms with Gasteiger partial charge in [-0.25, -0.2) is 0 Å². The Bertz CT molecular complexity index is 717. The third-order valence-electron chi connectivity index (χ3n) is 4.05. The Hall–Kier alpha value is -1.32. The molecule has 0 aliphatic carbocycles. The van der Waals surface area contributed by atoms with E-state index in [1.54, 1.807) is 38.1 Å². The summed E-state index contributed by atoms with van der Waals surface area (Å²) in [6.07, 6.45) is -2.51. The maximum absolute atomic E-state index is 11.4. The molecule has 25 heavy (non-hydrogen) atoms. The van der Waals surface area contributed by atoms with E-state index in [9.17, 15) is 14.3 Å². The fourth-order valence-electron chi connectivity index (χ4n) is 3.12. The van der Waals surface area contributed by atoms with Crippen LogP contribution in [0.1, 0.15) is 35.9 Å². The summed E-state index contributed by atoms with van der Waals surface area (Å²) in [7, 11) is -4.89. The zero-order valence-corrected chi connectivity index (χ0v) is 14.5. The van der Waals surface area contributed by atoms with Crippen molar-refractivity contribution >= 4 is 13.7 Å². The van der Waals surface area contributed by atoms with Crippen LogP contribution in [0.3, 0.4) is 0 Å². The largest absolute Gasteiger partial charge is 0.756 e. The highest BCUT2D eigenvalue weighted by atomic mass is 31.2. The summed E-state index contributed by atoms with van der Waals surface area (Å²) in [4.78, 5) is 31.0. The van der Waals surface area contributed by atoms with Crippen molar-refractivity contribution in [2.24, 2.45) is 5.73 Å². The van der Waals surface area contributed by atoms with Crippen molar-refractivity contribution in [3.05, 3.63) is 35.4 Å². The molecule has 5 atom stereocenters. The van der Waals surface area contributed by atoms with Crippen molar-refractivity contribution in [2.45, 2.75) is 44.1 Å². The van der Waals surface area contributed by atoms with E-state index in [0.717, 1.165) is 0 Å². The minimum atomic E-state index is -4.89. The molecule has 3 N–H and O–H groups in total. The van der Waals surface area contributed by atoms with Crippen LogP contribution in [0.4, 0.5) is 0 Å². The van der Waals surface area contributed by atoms with E-state index in [1.165, 1.54) is 0 Å². The van der Waals surface area contributed by atoms with Crippen LogP contribution in [0, 0.1) is 0 Å². The first-order valence-electron chi connectivity index (χ1n) is 7.65. The SMILES string of the molecule is CC1(C)OC2[C@H](COP(=O)([O-])O)O[C@H](c3cccc(C(N)=O)c3)[C@@H]2O1. The number of carbonyl (C=O) groups excluding carboxylic acids is 1. The molecule has 9 nitrogen and oxygen atoms in total. The number of ether oxygens (including phenoxy) is 3. The highest BCUT2D eigenvalue weighted by molar-refractivity contribution is 7.44. The molecule has 2 aliphatic heterocycles. The second-order valence-electron chi connectivity index (χ2n) is 6.41. The number of carbonyl (C=O) groups is 1. The summed E-state index contributed by atoms with van der Waals surface area (Å²) in [5.41, 5.74) is 6.26. The molecule has 1 amide bonds. The maximum Gasteiger partial charge on any atom is 0.265 e. The normalized spacial score (nSPS) is 33.0. The first kappa shape index (κ1) is 18.5. The van der Waals surface area contributed by atoms with Crippen LogP contribution in [-0.2, 0) is 23.3 Å². The minimum Gasteiger partial charge on any atom is -0.756 e. The molecule has 0 saturated carbocycles. The molecule has 1 aromatic carbocycles. The van der Waals surface area contributed by atoms with Gasteiger partial charge < -0.3 is 34.3 Å². The third kappa shape index (κ3) is 4.09. The van der Waals surface area contributed by atoms with Crippen LogP contribution >= 0.6 is 7.82 Å². The van der Waals surface area contributed by atoms with Gasteiger partial charge in [-0.15, -0.1) is 0 Å². The number of hydrogen-bond donors (Lipinski definition) is 2. The maximum atomic E-state index is 11.4. The van der Waals surface area contributed by atoms with Gasteiger partial charge in [-0.2, -0.15) is 0 Å². The number of amides is 1. The van der Waals surface area contributed by atoms with E-state index in [0.29, 0.717) is 11.1 Å². The number of rotatable bonds is 5.